The van der Waals surface area contributed by atoms with Crippen LogP contribution in [0.2, 0.25) is 0 Å². The van der Waals surface area contributed by atoms with Crippen LogP contribution in [0.3, 0.4) is 0 Å². The SMILES string of the molecule is NS(=O)(=O)c1cc(Br)c(OCc2cccc(F)c2)cc1F. The molecule has 0 aliphatic heterocycles. The molecule has 2 N–H and O–H groups in total. The molecule has 0 saturated carbocycles. The van der Waals surface area contributed by atoms with E-state index in [4.69, 9.17) is 9.88 Å². The van der Waals surface area contributed by atoms with E-state index in [1.807, 2.05) is 0 Å². The summed E-state index contributed by atoms with van der Waals surface area (Å²) in [4.78, 5) is -0.632. The van der Waals surface area contributed by atoms with Crippen LogP contribution in [0.1, 0.15) is 5.56 Å². The zero-order valence-corrected chi connectivity index (χ0v) is 12.9. The zero-order valence-electron chi connectivity index (χ0n) is 10.5. The fourth-order valence-electron chi connectivity index (χ4n) is 1.63. The second-order valence-corrected chi connectivity index (χ2v) is 6.56. The van der Waals surface area contributed by atoms with Gasteiger partial charge in [-0.3, -0.25) is 0 Å². The molecule has 0 atom stereocenters. The molecule has 0 aliphatic rings. The smallest absolute Gasteiger partial charge is 0.241 e. The van der Waals surface area contributed by atoms with Gasteiger partial charge in [0, 0.05) is 6.07 Å². The van der Waals surface area contributed by atoms with Gasteiger partial charge in [-0.25, -0.2) is 22.3 Å². The highest BCUT2D eigenvalue weighted by Crippen LogP contribution is 2.30. The van der Waals surface area contributed by atoms with Crippen molar-refractivity contribution in [1.29, 1.82) is 0 Å². The van der Waals surface area contributed by atoms with Crippen LogP contribution in [0.5, 0.6) is 5.75 Å². The van der Waals surface area contributed by atoms with Gasteiger partial charge in [0.25, 0.3) is 0 Å². The first-order valence-corrected chi connectivity index (χ1v) is 8.00. The Morgan fingerprint density at radius 3 is 2.52 bits per heavy atom. The van der Waals surface area contributed by atoms with Crippen LogP contribution in [0.25, 0.3) is 0 Å². The second-order valence-electron chi connectivity index (χ2n) is 4.18. The summed E-state index contributed by atoms with van der Waals surface area (Å²) in [5.74, 6) is -1.34. The third-order valence-electron chi connectivity index (χ3n) is 2.58. The van der Waals surface area contributed by atoms with E-state index in [0.29, 0.717) is 5.56 Å². The predicted octanol–water partition coefficient (Wildman–Crippen LogP) is 2.95. The summed E-state index contributed by atoms with van der Waals surface area (Å²) in [7, 11) is -4.16. The number of sulfonamides is 1. The van der Waals surface area contributed by atoms with Gasteiger partial charge >= 0.3 is 0 Å². The zero-order chi connectivity index (χ0) is 15.6. The molecule has 0 spiro atoms. The van der Waals surface area contributed by atoms with E-state index >= 15 is 0 Å². The minimum atomic E-state index is -4.16. The van der Waals surface area contributed by atoms with Crippen LogP contribution in [-0.4, -0.2) is 8.42 Å². The highest BCUT2D eigenvalue weighted by Gasteiger charge is 2.18. The lowest BCUT2D eigenvalue weighted by Gasteiger charge is -2.10. The molecule has 112 valence electrons. The molecule has 0 fully saturated rings. The van der Waals surface area contributed by atoms with Gasteiger partial charge in [-0.2, -0.15) is 0 Å². The van der Waals surface area contributed by atoms with Gasteiger partial charge in [0.05, 0.1) is 4.47 Å². The van der Waals surface area contributed by atoms with Crippen molar-refractivity contribution >= 4 is 26.0 Å². The van der Waals surface area contributed by atoms with Gasteiger partial charge in [0.2, 0.25) is 10.0 Å². The molecule has 2 aromatic carbocycles. The summed E-state index contributed by atoms with van der Waals surface area (Å²) in [5, 5.41) is 4.89. The second kappa shape index (κ2) is 6.08. The largest absolute Gasteiger partial charge is 0.488 e. The Morgan fingerprint density at radius 2 is 1.90 bits per heavy atom. The molecule has 21 heavy (non-hydrogen) atoms. The molecule has 4 nitrogen and oxygen atoms in total. The van der Waals surface area contributed by atoms with Crippen molar-refractivity contribution in [2.24, 2.45) is 5.14 Å². The average molecular weight is 378 g/mol. The molecule has 0 bridgehead atoms. The van der Waals surface area contributed by atoms with E-state index in [1.54, 1.807) is 6.07 Å². The molecule has 0 amide bonds. The Kier molecular flexibility index (Phi) is 4.60. The number of primary sulfonamides is 1. The Balaban J connectivity index is 2.24. The summed E-state index contributed by atoms with van der Waals surface area (Å²) >= 11 is 3.08. The maximum absolute atomic E-state index is 13.7. The minimum Gasteiger partial charge on any atom is -0.488 e. The monoisotopic (exact) mass is 377 g/mol. The third kappa shape index (κ3) is 3.99. The van der Waals surface area contributed by atoms with Crippen LogP contribution in [0.4, 0.5) is 8.78 Å². The van der Waals surface area contributed by atoms with Crippen LogP contribution >= 0.6 is 15.9 Å². The average Bonchev–Trinajstić information content (AvgIpc) is 2.38. The number of hydrogen-bond donors (Lipinski definition) is 1. The summed E-state index contributed by atoms with van der Waals surface area (Å²) in [6.07, 6.45) is 0. The Labute approximate surface area is 128 Å². The molecular weight excluding hydrogens is 368 g/mol. The lowest BCUT2D eigenvalue weighted by Crippen LogP contribution is -2.14. The summed E-state index contributed by atoms with van der Waals surface area (Å²) in [5.41, 5.74) is 0.554. The number of hydrogen-bond acceptors (Lipinski definition) is 3. The maximum Gasteiger partial charge on any atom is 0.241 e. The number of halogens is 3. The summed E-state index contributed by atoms with van der Waals surface area (Å²) in [6, 6.07) is 7.66. The van der Waals surface area contributed by atoms with Crippen molar-refractivity contribution < 1.29 is 21.9 Å². The van der Waals surface area contributed by atoms with Crippen molar-refractivity contribution in [1.82, 2.24) is 0 Å². The van der Waals surface area contributed by atoms with E-state index < -0.39 is 26.6 Å². The number of nitrogens with two attached hydrogens (primary N) is 1. The summed E-state index contributed by atoms with van der Waals surface area (Å²) < 4.78 is 54.6. The standard InChI is InChI=1S/C13H10BrF2NO3S/c14-10-5-13(21(17,18)19)11(16)6-12(10)20-7-8-2-1-3-9(15)4-8/h1-6H,7H2,(H2,17,18,19). The van der Waals surface area contributed by atoms with Gasteiger partial charge in [-0.15, -0.1) is 0 Å². The molecule has 0 radical (unpaired) electrons. The molecule has 0 aromatic heterocycles. The van der Waals surface area contributed by atoms with Crippen LogP contribution in [-0.2, 0) is 16.6 Å². The molecule has 0 aliphatic carbocycles. The van der Waals surface area contributed by atoms with E-state index in [9.17, 15) is 17.2 Å². The Bertz CT molecular complexity index is 781. The Hall–Kier alpha value is -1.51. The molecular formula is C13H10BrF2NO3S. The fraction of sp³-hybridized carbons (Fsp3) is 0.0769. The highest BCUT2D eigenvalue weighted by molar-refractivity contribution is 9.10. The van der Waals surface area contributed by atoms with Crippen molar-refractivity contribution in [3.05, 3.63) is 58.1 Å². The summed E-state index contributed by atoms with van der Waals surface area (Å²) in [6.45, 7) is 0.00449. The molecule has 8 heteroatoms. The van der Waals surface area contributed by atoms with Gasteiger partial charge in [-0.1, -0.05) is 12.1 Å². The van der Waals surface area contributed by atoms with Crippen LogP contribution in [0.15, 0.2) is 45.8 Å². The van der Waals surface area contributed by atoms with Gasteiger partial charge in [0.1, 0.15) is 28.9 Å². The van der Waals surface area contributed by atoms with Gasteiger partial charge in [0.15, 0.2) is 0 Å². The number of ether oxygens (including phenoxy) is 1. The van der Waals surface area contributed by atoms with Crippen LogP contribution in [0, 0.1) is 11.6 Å². The third-order valence-corrected chi connectivity index (χ3v) is 4.12. The molecule has 0 saturated heterocycles. The topological polar surface area (TPSA) is 69.4 Å². The normalized spacial score (nSPS) is 11.4. The quantitative estimate of drug-likeness (QED) is 0.890. The molecule has 2 rings (SSSR count). The van der Waals surface area contributed by atoms with E-state index in [1.165, 1.54) is 18.2 Å². The highest BCUT2D eigenvalue weighted by atomic mass is 79.9. The fourth-order valence-corrected chi connectivity index (χ4v) is 2.85. The van der Waals surface area contributed by atoms with E-state index in [2.05, 4.69) is 15.9 Å². The number of benzene rings is 2. The van der Waals surface area contributed by atoms with Crippen molar-refractivity contribution in [3.63, 3.8) is 0 Å². The van der Waals surface area contributed by atoms with Crippen molar-refractivity contribution in [2.75, 3.05) is 0 Å². The lowest BCUT2D eigenvalue weighted by atomic mass is 10.2. The predicted molar refractivity (Wildman–Crippen MR) is 76.2 cm³/mol. The van der Waals surface area contributed by atoms with Crippen molar-refractivity contribution in [2.45, 2.75) is 11.5 Å². The maximum atomic E-state index is 13.7. The minimum absolute atomic E-state index is 0.00449. The lowest BCUT2D eigenvalue weighted by molar-refractivity contribution is 0.301. The van der Waals surface area contributed by atoms with Gasteiger partial charge in [-0.05, 0) is 39.7 Å². The molecule has 2 aromatic rings. The first-order chi connectivity index (χ1) is 9.77. The molecule has 0 unspecified atom stereocenters. The van der Waals surface area contributed by atoms with Crippen LogP contribution < -0.4 is 9.88 Å². The van der Waals surface area contributed by atoms with E-state index in [-0.39, 0.29) is 16.8 Å². The van der Waals surface area contributed by atoms with E-state index in [0.717, 1.165) is 12.1 Å². The molecule has 0 heterocycles. The Morgan fingerprint density at radius 1 is 1.19 bits per heavy atom. The van der Waals surface area contributed by atoms with Crippen molar-refractivity contribution in [3.8, 4) is 5.75 Å². The first kappa shape index (κ1) is 15.9. The number of rotatable bonds is 4. The first-order valence-electron chi connectivity index (χ1n) is 5.66. The van der Waals surface area contributed by atoms with Gasteiger partial charge < -0.3 is 4.74 Å².